The number of aryl methyl sites for hydroxylation is 6. The number of hydrogen-bond acceptors (Lipinski definition) is 0. The molecule has 0 fully saturated rings. The minimum Gasteiger partial charge on any atom is -0.0629 e. The van der Waals surface area contributed by atoms with Crippen LogP contribution in [0, 0.1) is 72.8 Å². The fourth-order valence-electron chi connectivity index (χ4n) is 5.45. The van der Waals surface area contributed by atoms with Crippen LogP contribution in [0.2, 0.25) is 0 Å². The zero-order valence-electron chi connectivity index (χ0n) is 20.3. The Kier molecular flexibility index (Phi) is 6.58. The van der Waals surface area contributed by atoms with Crippen LogP contribution in [-0.2, 0) is 0 Å². The van der Waals surface area contributed by atoms with Gasteiger partial charge < -0.3 is 0 Å². The molecule has 0 aliphatic carbocycles. The van der Waals surface area contributed by atoms with Gasteiger partial charge in [0.15, 0.2) is 0 Å². The third-order valence-corrected chi connectivity index (χ3v) is 8.55. The van der Waals surface area contributed by atoms with Gasteiger partial charge in [-0.1, -0.05) is 85.2 Å². The van der Waals surface area contributed by atoms with Crippen LogP contribution in [0.4, 0.5) is 0 Å². The fourth-order valence-corrected chi connectivity index (χ4v) is 6.26. The first-order valence-electron chi connectivity index (χ1n) is 10.9. The highest BCUT2D eigenvalue weighted by Crippen LogP contribution is 2.24. The molecule has 0 bridgehead atoms. The van der Waals surface area contributed by atoms with Crippen LogP contribution >= 0.6 is 22.6 Å². The average molecular weight is 508 g/mol. The maximum atomic E-state index is 2.53. The molecule has 3 aromatic rings. The molecule has 0 aromatic heterocycles. The predicted octanol–water partition coefficient (Wildman–Crippen LogP) is 5.89. The Bertz CT molecular complexity index is 1020. The lowest BCUT2D eigenvalue weighted by Gasteiger charge is -2.29. The lowest BCUT2D eigenvalue weighted by Crippen LogP contribution is -2.57. The number of hydrogen-bond donors (Lipinski definition) is 0. The highest BCUT2D eigenvalue weighted by Gasteiger charge is 2.32. The standard InChI is InChI=1S/C28H34BI/c1-15-11-17(3)25(18(4)12-15)29(26-19(5)13-16(2)14-20(26)6)27-21(7)23(9)28(30)24(10)22(27)8/h11-14H,1-10H3. The van der Waals surface area contributed by atoms with Crippen LogP contribution in [0.15, 0.2) is 24.3 Å². The summed E-state index contributed by atoms with van der Waals surface area (Å²) in [5.41, 5.74) is 18.4. The maximum Gasteiger partial charge on any atom is 0.243 e. The van der Waals surface area contributed by atoms with E-state index in [1.54, 1.807) is 0 Å². The molecule has 0 spiro atoms. The molecule has 0 nitrogen and oxygen atoms in total. The van der Waals surface area contributed by atoms with E-state index in [0.717, 1.165) is 0 Å². The molecule has 0 aliphatic rings. The van der Waals surface area contributed by atoms with Crippen LogP contribution < -0.4 is 16.4 Å². The third-order valence-electron chi connectivity index (χ3n) is 6.93. The largest absolute Gasteiger partial charge is 0.243 e. The summed E-state index contributed by atoms with van der Waals surface area (Å²) in [6, 6.07) is 9.41. The first-order chi connectivity index (χ1) is 14.0. The Labute approximate surface area is 197 Å². The molecule has 156 valence electrons. The van der Waals surface area contributed by atoms with E-state index in [1.165, 1.54) is 75.6 Å². The molecule has 0 aliphatic heterocycles. The highest BCUT2D eigenvalue weighted by atomic mass is 127. The van der Waals surface area contributed by atoms with Crippen LogP contribution in [0.25, 0.3) is 0 Å². The lowest BCUT2D eigenvalue weighted by molar-refractivity contribution is 1.23. The highest BCUT2D eigenvalue weighted by molar-refractivity contribution is 14.1. The van der Waals surface area contributed by atoms with Gasteiger partial charge in [-0.3, -0.25) is 0 Å². The number of benzene rings is 3. The van der Waals surface area contributed by atoms with Gasteiger partial charge in [-0.15, -0.1) is 0 Å². The van der Waals surface area contributed by atoms with Gasteiger partial charge in [0.2, 0.25) is 6.71 Å². The Balaban J connectivity index is 2.53. The van der Waals surface area contributed by atoms with Crippen molar-refractivity contribution in [1.82, 2.24) is 0 Å². The summed E-state index contributed by atoms with van der Waals surface area (Å²) in [5, 5.41) is 0. The van der Waals surface area contributed by atoms with Crippen molar-refractivity contribution in [2.45, 2.75) is 69.2 Å². The van der Waals surface area contributed by atoms with Gasteiger partial charge in [-0.25, -0.2) is 0 Å². The minimum atomic E-state index is 0.251. The maximum absolute atomic E-state index is 2.53. The van der Waals surface area contributed by atoms with Crippen molar-refractivity contribution in [3.8, 4) is 0 Å². The molecule has 3 rings (SSSR count). The monoisotopic (exact) mass is 508 g/mol. The molecule has 0 amide bonds. The van der Waals surface area contributed by atoms with E-state index in [-0.39, 0.29) is 6.71 Å². The Hall–Kier alpha value is -1.55. The Morgan fingerprint density at radius 1 is 0.467 bits per heavy atom. The summed E-state index contributed by atoms with van der Waals surface area (Å²) in [7, 11) is 0. The van der Waals surface area contributed by atoms with E-state index in [0.29, 0.717) is 0 Å². The molecule has 0 saturated carbocycles. The summed E-state index contributed by atoms with van der Waals surface area (Å²) >= 11 is 2.53. The van der Waals surface area contributed by atoms with Crippen molar-refractivity contribution in [2.75, 3.05) is 0 Å². The van der Waals surface area contributed by atoms with E-state index in [1.807, 2.05) is 0 Å². The third kappa shape index (κ3) is 3.88. The van der Waals surface area contributed by atoms with Crippen molar-refractivity contribution in [2.24, 2.45) is 0 Å². The molecule has 0 unspecified atom stereocenters. The van der Waals surface area contributed by atoms with Gasteiger partial charge in [0.1, 0.15) is 0 Å². The Morgan fingerprint density at radius 2 is 0.767 bits per heavy atom. The van der Waals surface area contributed by atoms with Gasteiger partial charge in [0.05, 0.1) is 0 Å². The van der Waals surface area contributed by atoms with Crippen molar-refractivity contribution in [3.63, 3.8) is 0 Å². The second-order valence-corrected chi connectivity index (χ2v) is 10.4. The second kappa shape index (κ2) is 8.53. The molecule has 3 aromatic carbocycles. The molecule has 0 heterocycles. The van der Waals surface area contributed by atoms with E-state index < -0.39 is 0 Å². The summed E-state index contributed by atoms with van der Waals surface area (Å²) in [5.74, 6) is 0. The smallest absolute Gasteiger partial charge is 0.0629 e. The number of halogens is 1. The molecule has 0 N–H and O–H groups in total. The molecule has 0 saturated heterocycles. The minimum absolute atomic E-state index is 0.251. The lowest BCUT2D eigenvalue weighted by atomic mass is 9.32. The van der Waals surface area contributed by atoms with E-state index in [4.69, 9.17) is 0 Å². The van der Waals surface area contributed by atoms with Crippen molar-refractivity contribution < 1.29 is 0 Å². The molecule has 0 radical (unpaired) electrons. The second-order valence-electron chi connectivity index (χ2n) is 9.29. The van der Waals surface area contributed by atoms with Gasteiger partial charge in [-0.05, 0) is 103 Å². The van der Waals surface area contributed by atoms with Gasteiger partial charge >= 0.3 is 0 Å². The van der Waals surface area contributed by atoms with Crippen molar-refractivity contribution in [3.05, 3.63) is 83.5 Å². The SMILES string of the molecule is Cc1cc(C)c(B(c2c(C)cc(C)cc2C)c2c(C)c(C)c(I)c(C)c2C)c(C)c1. The first kappa shape index (κ1) is 23.1. The van der Waals surface area contributed by atoms with Crippen LogP contribution in [0.5, 0.6) is 0 Å². The molecule has 2 heteroatoms. The summed E-state index contributed by atoms with van der Waals surface area (Å²) < 4.78 is 1.40. The first-order valence-corrected chi connectivity index (χ1v) is 11.9. The molecular formula is C28H34BI. The molecular weight excluding hydrogens is 474 g/mol. The zero-order valence-corrected chi connectivity index (χ0v) is 22.4. The summed E-state index contributed by atoms with van der Waals surface area (Å²) in [4.78, 5) is 0. The van der Waals surface area contributed by atoms with Gasteiger partial charge in [-0.2, -0.15) is 0 Å². The topological polar surface area (TPSA) is 0 Å². The molecule has 0 atom stereocenters. The summed E-state index contributed by atoms with van der Waals surface area (Å²) in [6.07, 6.45) is 0. The van der Waals surface area contributed by atoms with E-state index >= 15 is 0 Å². The fraction of sp³-hybridized carbons (Fsp3) is 0.357. The van der Waals surface area contributed by atoms with Crippen LogP contribution in [0.3, 0.4) is 0 Å². The molecule has 30 heavy (non-hydrogen) atoms. The van der Waals surface area contributed by atoms with Crippen LogP contribution in [-0.4, -0.2) is 6.71 Å². The van der Waals surface area contributed by atoms with Crippen LogP contribution in [0.1, 0.15) is 55.6 Å². The van der Waals surface area contributed by atoms with E-state index in [9.17, 15) is 0 Å². The van der Waals surface area contributed by atoms with Crippen molar-refractivity contribution in [1.29, 1.82) is 0 Å². The Morgan fingerprint density at radius 3 is 1.07 bits per heavy atom. The van der Waals surface area contributed by atoms with Gasteiger partial charge in [0.25, 0.3) is 0 Å². The van der Waals surface area contributed by atoms with E-state index in [2.05, 4.69) is 116 Å². The number of rotatable bonds is 3. The predicted molar refractivity (Wildman–Crippen MR) is 144 cm³/mol. The van der Waals surface area contributed by atoms with Gasteiger partial charge in [0, 0.05) is 3.57 Å². The normalized spacial score (nSPS) is 11.2. The van der Waals surface area contributed by atoms with Crippen molar-refractivity contribution >= 4 is 45.7 Å². The zero-order chi connectivity index (χ0) is 22.5. The quantitative estimate of drug-likeness (QED) is 0.306. The summed E-state index contributed by atoms with van der Waals surface area (Å²) in [6.45, 7) is 23.0. The average Bonchev–Trinajstić information content (AvgIpc) is 2.63.